The fraction of sp³-hybridized carbons (Fsp3) is 0.469. The molecule has 2 aliphatic rings. The van der Waals surface area contributed by atoms with Gasteiger partial charge in [-0.1, -0.05) is 44.2 Å². The first kappa shape index (κ1) is 31.5. The maximum Gasteiger partial charge on any atom is 0.408 e. The normalized spacial score (nSPS) is 19.1. The van der Waals surface area contributed by atoms with Crippen molar-refractivity contribution in [3.8, 4) is 0 Å². The number of alkyl carbamates (subject to hydrolysis) is 1. The van der Waals surface area contributed by atoms with Gasteiger partial charge in [0, 0.05) is 31.9 Å². The van der Waals surface area contributed by atoms with E-state index in [2.05, 4.69) is 10.6 Å². The second-order valence-electron chi connectivity index (χ2n) is 11.8. The lowest BCUT2D eigenvalue weighted by atomic mass is 10.0. The number of carbonyl (C=O) groups is 5. The predicted octanol–water partition coefficient (Wildman–Crippen LogP) is 2.59. The molecular formula is C32H41N5O6. The summed E-state index contributed by atoms with van der Waals surface area (Å²) in [4.78, 5) is 70.6. The number of likely N-dealkylation sites (tertiary alicyclic amines) is 2. The predicted molar refractivity (Wildman–Crippen MR) is 161 cm³/mol. The molecule has 0 saturated carbocycles. The van der Waals surface area contributed by atoms with Gasteiger partial charge in [0.2, 0.25) is 11.8 Å². The van der Waals surface area contributed by atoms with Crippen molar-refractivity contribution in [3.63, 3.8) is 0 Å². The lowest BCUT2D eigenvalue weighted by Crippen LogP contribution is -2.53. The second kappa shape index (κ2) is 13.7. The van der Waals surface area contributed by atoms with E-state index in [0.717, 1.165) is 11.3 Å². The van der Waals surface area contributed by atoms with E-state index in [-0.39, 0.29) is 43.2 Å². The monoisotopic (exact) mass is 591 g/mol. The van der Waals surface area contributed by atoms with Crippen LogP contribution in [-0.4, -0.2) is 90.8 Å². The third-order valence-electron chi connectivity index (χ3n) is 7.86. The molecule has 1 unspecified atom stereocenters. The van der Waals surface area contributed by atoms with E-state index in [4.69, 9.17) is 4.74 Å². The maximum absolute atomic E-state index is 13.8. The molecule has 4 atom stereocenters. The molecular weight excluding hydrogens is 550 g/mol. The number of amides is 4. The number of anilines is 1. The summed E-state index contributed by atoms with van der Waals surface area (Å²) in [5.41, 5.74) is 2.19. The molecule has 2 aliphatic heterocycles. The molecule has 2 saturated heterocycles. The third kappa shape index (κ3) is 7.52. The van der Waals surface area contributed by atoms with Crippen molar-refractivity contribution in [3.05, 3.63) is 65.7 Å². The lowest BCUT2D eigenvalue weighted by Gasteiger charge is -2.29. The van der Waals surface area contributed by atoms with Crippen LogP contribution in [0.5, 0.6) is 0 Å². The number of nitrogens with zero attached hydrogens (tertiary/aromatic N) is 3. The van der Waals surface area contributed by atoms with Gasteiger partial charge in [0.25, 0.3) is 5.91 Å². The molecule has 0 aliphatic carbocycles. The number of benzene rings is 2. The number of rotatable bonds is 10. The molecule has 2 fully saturated rings. The highest BCUT2D eigenvalue weighted by atomic mass is 16.5. The first-order valence-electron chi connectivity index (χ1n) is 14.7. The Balaban J connectivity index is 1.39. The van der Waals surface area contributed by atoms with Gasteiger partial charge in [0.1, 0.15) is 24.7 Å². The number of carbonyl (C=O) groups excluding carboxylic acids is 5. The Morgan fingerprint density at radius 3 is 2.23 bits per heavy atom. The van der Waals surface area contributed by atoms with Gasteiger partial charge in [-0.3, -0.25) is 19.2 Å². The fourth-order valence-corrected chi connectivity index (χ4v) is 5.66. The van der Waals surface area contributed by atoms with Crippen molar-refractivity contribution in [2.24, 2.45) is 5.92 Å². The van der Waals surface area contributed by atoms with Crippen LogP contribution in [-0.2, 0) is 25.7 Å². The minimum Gasteiger partial charge on any atom is -0.445 e. The average Bonchev–Trinajstić information content (AvgIpc) is 3.56. The zero-order valence-corrected chi connectivity index (χ0v) is 25.4. The number of fused-ring (bicyclic) bond motifs is 1. The maximum atomic E-state index is 13.8. The van der Waals surface area contributed by atoms with Crippen molar-refractivity contribution in [2.75, 3.05) is 32.1 Å². The topological polar surface area (TPSA) is 128 Å². The lowest BCUT2D eigenvalue weighted by molar-refractivity contribution is -0.138. The SMILES string of the molecule is CC(C)CC(NC(=O)c1ccc(N(C)C)cc1)C(=O)N1CC[C@@H]2[C@H]1C(=O)CN2C(=O)[C@H](C)NC(=O)OCc1ccccc1. The van der Waals surface area contributed by atoms with Gasteiger partial charge in [-0.25, -0.2) is 4.79 Å². The van der Waals surface area contributed by atoms with Gasteiger partial charge < -0.3 is 30.1 Å². The van der Waals surface area contributed by atoms with Gasteiger partial charge in [0.15, 0.2) is 5.78 Å². The van der Waals surface area contributed by atoms with Gasteiger partial charge in [0.05, 0.1) is 12.6 Å². The quantitative estimate of drug-likeness (QED) is 0.435. The highest BCUT2D eigenvalue weighted by Crippen LogP contribution is 2.31. The van der Waals surface area contributed by atoms with Crippen LogP contribution in [0.2, 0.25) is 0 Å². The minimum absolute atomic E-state index is 0.0625. The van der Waals surface area contributed by atoms with E-state index in [9.17, 15) is 24.0 Å². The summed E-state index contributed by atoms with van der Waals surface area (Å²) in [6.45, 7) is 5.67. The molecule has 4 rings (SSSR count). The summed E-state index contributed by atoms with van der Waals surface area (Å²) in [7, 11) is 3.82. The Morgan fingerprint density at radius 1 is 0.930 bits per heavy atom. The van der Waals surface area contributed by atoms with Crippen LogP contribution in [0.3, 0.4) is 0 Å². The Kier molecular flexibility index (Phi) is 10.1. The first-order chi connectivity index (χ1) is 20.5. The zero-order chi connectivity index (χ0) is 31.3. The Labute approximate surface area is 252 Å². The molecule has 2 aromatic rings. The minimum atomic E-state index is -0.925. The fourth-order valence-electron chi connectivity index (χ4n) is 5.66. The Morgan fingerprint density at radius 2 is 1.60 bits per heavy atom. The van der Waals surface area contributed by atoms with E-state index in [1.165, 1.54) is 9.80 Å². The van der Waals surface area contributed by atoms with Crippen LogP contribution in [0.1, 0.15) is 49.5 Å². The van der Waals surface area contributed by atoms with E-state index >= 15 is 0 Å². The van der Waals surface area contributed by atoms with E-state index in [1.54, 1.807) is 19.1 Å². The molecule has 11 nitrogen and oxygen atoms in total. The molecule has 0 radical (unpaired) electrons. The molecule has 2 N–H and O–H groups in total. The number of nitrogens with one attached hydrogen (secondary N) is 2. The van der Waals surface area contributed by atoms with E-state index < -0.39 is 36.2 Å². The van der Waals surface area contributed by atoms with Crippen molar-refractivity contribution >= 4 is 35.3 Å². The van der Waals surface area contributed by atoms with Crippen molar-refractivity contribution in [2.45, 2.75) is 64.4 Å². The standard InChI is InChI=1S/C32H41N5O6/c1-20(2)17-25(34-29(39)23-11-13-24(14-12-23)35(4)5)31(41)36-16-15-26-28(36)27(38)18-37(26)30(40)21(3)33-32(42)43-19-22-9-7-6-8-10-22/h6-14,20-21,25-26,28H,15-19H2,1-5H3,(H,33,42)(H,34,39)/t21-,25?,26+,28-/m0/s1. The Bertz CT molecular complexity index is 1330. The second-order valence-corrected chi connectivity index (χ2v) is 11.8. The molecule has 4 amide bonds. The number of Topliss-reactive ketones (excluding diaryl/α,β-unsaturated/α-hetero) is 1. The van der Waals surface area contributed by atoms with Crippen LogP contribution in [0.25, 0.3) is 0 Å². The number of hydrogen-bond donors (Lipinski definition) is 2. The van der Waals surface area contributed by atoms with Gasteiger partial charge in [-0.2, -0.15) is 0 Å². The summed E-state index contributed by atoms with van der Waals surface area (Å²) in [5.74, 6) is -1.25. The van der Waals surface area contributed by atoms with Crippen LogP contribution in [0.15, 0.2) is 54.6 Å². The highest BCUT2D eigenvalue weighted by molar-refractivity contribution is 6.01. The molecule has 0 aromatic heterocycles. The van der Waals surface area contributed by atoms with Crippen molar-refractivity contribution in [1.82, 2.24) is 20.4 Å². The molecule has 230 valence electrons. The van der Waals surface area contributed by atoms with Crippen LogP contribution >= 0.6 is 0 Å². The molecule has 11 heteroatoms. The van der Waals surface area contributed by atoms with Crippen molar-refractivity contribution < 1.29 is 28.7 Å². The van der Waals surface area contributed by atoms with Crippen LogP contribution in [0.4, 0.5) is 10.5 Å². The van der Waals surface area contributed by atoms with E-state index in [1.807, 2.05) is 75.3 Å². The van der Waals surface area contributed by atoms with Crippen molar-refractivity contribution in [1.29, 1.82) is 0 Å². The zero-order valence-electron chi connectivity index (χ0n) is 25.4. The Hall–Kier alpha value is -4.41. The molecule has 0 spiro atoms. The number of hydrogen-bond acceptors (Lipinski definition) is 7. The molecule has 2 heterocycles. The summed E-state index contributed by atoms with van der Waals surface area (Å²) < 4.78 is 5.23. The summed E-state index contributed by atoms with van der Waals surface area (Å²) in [5, 5.41) is 5.43. The molecule has 2 aromatic carbocycles. The summed E-state index contributed by atoms with van der Waals surface area (Å²) >= 11 is 0. The summed E-state index contributed by atoms with van der Waals surface area (Å²) in [6.07, 6.45) is 0.0866. The molecule has 43 heavy (non-hydrogen) atoms. The van der Waals surface area contributed by atoms with Gasteiger partial charge in [-0.15, -0.1) is 0 Å². The summed E-state index contributed by atoms with van der Waals surface area (Å²) in [6, 6.07) is 13.2. The average molecular weight is 592 g/mol. The highest BCUT2D eigenvalue weighted by Gasteiger charge is 2.52. The first-order valence-corrected chi connectivity index (χ1v) is 14.7. The van der Waals surface area contributed by atoms with Crippen LogP contribution in [0, 0.1) is 5.92 Å². The van der Waals surface area contributed by atoms with E-state index in [0.29, 0.717) is 18.4 Å². The smallest absolute Gasteiger partial charge is 0.408 e. The third-order valence-corrected chi connectivity index (χ3v) is 7.86. The van der Waals surface area contributed by atoms with Gasteiger partial charge >= 0.3 is 6.09 Å². The number of ketones is 1. The van der Waals surface area contributed by atoms with Gasteiger partial charge in [-0.05, 0) is 55.5 Å². The van der Waals surface area contributed by atoms with Crippen LogP contribution < -0.4 is 15.5 Å². The largest absolute Gasteiger partial charge is 0.445 e. The number of ether oxygens (including phenoxy) is 1. The molecule has 0 bridgehead atoms.